The molecular weight excluding hydrogens is 166 g/mol. The van der Waals surface area contributed by atoms with E-state index in [-0.39, 0.29) is 6.61 Å². The molecule has 70 valence electrons. The van der Waals surface area contributed by atoms with Crippen LogP contribution in [0.1, 0.15) is 0 Å². The van der Waals surface area contributed by atoms with E-state index in [1.54, 1.807) is 0 Å². The van der Waals surface area contributed by atoms with Gasteiger partial charge in [-0.2, -0.15) is 0 Å². The largest absolute Gasteiger partial charge is 0.480 e. The number of hydrogen-bond acceptors (Lipinski definition) is 4. The molecule has 0 aliphatic carbocycles. The topological polar surface area (TPSA) is 84.9 Å². The van der Waals surface area contributed by atoms with Crippen LogP contribution >= 0.6 is 0 Å². The third kappa shape index (κ3) is 3.77. The van der Waals surface area contributed by atoms with Crippen molar-refractivity contribution in [1.29, 1.82) is 0 Å². The zero-order valence-corrected chi connectivity index (χ0v) is 6.86. The molecule has 12 heavy (non-hydrogen) atoms. The smallest absolute Gasteiger partial charge is 0.407 e. The Balaban J connectivity index is 3.95. The average Bonchev–Trinajstić information content (AvgIpc) is 2.03. The number of carboxylic acids is 1. The number of carbonyl (C=O) groups is 2. The first-order valence-electron chi connectivity index (χ1n) is 3.18. The molecule has 0 saturated heterocycles. The summed E-state index contributed by atoms with van der Waals surface area (Å²) < 4.78 is 8.77. The van der Waals surface area contributed by atoms with Crippen LogP contribution in [0.2, 0.25) is 0 Å². The molecule has 6 nitrogen and oxygen atoms in total. The van der Waals surface area contributed by atoms with E-state index in [9.17, 15) is 9.59 Å². The van der Waals surface area contributed by atoms with E-state index in [4.69, 9.17) is 5.11 Å². The van der Waals surface area contributed by atoms with Crippen molar-refractivity contribution < 1.29 is 24.2 Å². The molecule has 0 fully saturated rings. The number of aliphatic carboxylic acids is 1. The predicted molar refractivity (Wildman–Crippen MR) is 38.8 cm³/mol. The van der Waals surface area contributed by atoms with Crippen LogP contribution in [-0.4, -0.2) is 44.0 Å². The molecule has 1 unspecified atom stereocenters. The number of methoxy groups -OCH3 is 2. The van der Waals surface area contributed by atoms with Gasteiger partial charge in [0.1, 0.15) is 0 Å². The molecule has 1 amide bonds. The fourth-order valence-corrected chi connectivity index (χ4v) is 0.543. The van der Waals surface area contributed by atoms with Gasteiger partial charge in [0.15, 0.2) is 6.04 Å². The summed E-state index contributed by atoms with van der Waals surface area (Å²) in [6.07, 6.45) is -0.792. The van der Waals surface area contributed by atoms with Gasteiger partial charge in [-0.15, -0.1) is 0 Å². The molecule has 0 rings (SSSR count). The number of alkyl carbamates (subject to hydrolysis) is 1. The van der Waals surface area contributed by atoms with Gasteiger partial charge in [-0.05, 0) is 0 Å². The number of carboxylic acid groups (broad SMARTS) is 1. The maximum absolute atomic E-state index is 10.5. The number of amides is 1. The number of ether oxygens (including phenoxy) is 2. The van der Waals surface area contributed by atoms with Crippen molar-refractivity contribution >= 4 is 12.1 Å². The lowest BCUT2D eigenvalue weighted by molar-refractivity contribution is -0.140. The monoisotopic (exact) mass is 177 g/mol. The van der Waals surface area contributed by atoms with Crippen molar-refractivity contribution in [3.8, 4) is 0 Å². The lowest BCUT2D eigenvalue weighted by Gasteiger charge is -2.11. The lowest BCUT2D eigenvalue weighted by Crippen LogP contribution is -2.43. The number of rotatable bonds is 4. The van der Waals surface area contributed by atoms with E-state index in [2.05, 4.69) is 14.8 Å². The Kier molecular flexibility index (Phi) is 4.78. The highest BCUT2D eigenvalue weighted by Crippen LogP contribution is 1.86. The van der Waals surface area contributed by atoms with E-state index >= 15 is 0 Å². The molecule has 0 heterocycles. The molecule has 0 aromatic rings. The van der Waals surface area contributed by atoms with Crippen LogP contribution in [0, 0.1) is 0 Å². The molecule has 1 atom stereocenters. The SMILES string of the molecule is COCC(NC(=O)OC)C(=O)O. The Bertz CT molecular complexity index is 167. The Morgan fingerprint density at radius 1 is 1.50 bits per heavy atom. The molecular formula is C6H11NO5. The first kappa shape index (κ1) is 10.7. The van der Waals surface area contributed by atoms with Gasteiger partial charge in [0.25, 0.3) is 0 Å². The van der Waals surface area contributed by atoms with Gasteiger partial charge in [0.05, 0.1) is 13.7 Å². The van der Waals surface area contributed by atoms with Crippen LogP contribution in [0.3, 0.4) is 0 Å². The van der Waals surface area contributed by atoms with Gasteiger partial charge in [-0.3, -0.25) is 0 Å². The minimum absolute atomic E-state index is 0.0928. The highest BCUT2D eigenvalue weighted by molar-refractivity contribution is 5.79. The highest BCUT2D eigenvalue weighted by atomic mass is 16.5. The Labute approximate surface area is 69.5 Å². The molecule has 0 aromatic heterocycles. The Morgan fingerprint density at radius 2 is 2.08 bits per heavy atom. The van der Waals surface area contributed by atoms with Crippen LogP contribution < -0.4 is 5.32 Å². The van der Waals surface area contributed by atoms with Crippen LogP contribution in [0.15, 0.2) is 0 Å². The summed E-state index contributed by atoms with van der Waals surface area (Å²) >= 11 is 0. The van der Waals surface area contributed by atoms with E-state index in [1.165, 1.54) is 7.11 Å². The molecule has 0 radical (unpaired) electrons. The van der Waals surface area contributed by atoms with Crippen molar-refractivity contribution in [2.45, 2.75) is 6.04 Å². The maximum atomic E-state index is 10.5. The molecule has 2 N–H and O–H groups in total. The number of hydrogen-bond donors (Lipinski definition) is 2. The molecule has 0 bridgehead atoms. The van der Waals surface area contributed by atoms with Crippen LogP contribution in [0.4, 0.5) is 4.79 Å². The molecule has 0 saturated carbocycles. The summed E-state index contributed by atoms with van der Waals surface area (Å²) in [6, 6.07) is -1.07. The van der Waals surface area contributed by atoms with Gasteiger partial charge >= 0.3 is 12.1 Å². The maximum Gasteiger partial charge on any atom is 0.407 e. The van der Waals surface area contributed by atoms with Gasteiger partial charge in [-0.1, -0.05) is 0 Å². The summed E-state index contributed by atoms with van der Waals surface area (Å²) in [5.74, 6) is -1.16. The second-order valence-electron chi connectivity index (χ2n) is 1.98. The van der Waals surface area contributed by atoms with Crippen molar-refractivity contribution in [2.24, 2.45) is 0 Å². The highest BCUT2D eigenvalue weighted by Gasteiger charge is 2.19. The van der Waals surface area contributed by atoms with Gasteiger partial charge < -0.3 is 19.9 Å². The van der Waals surface area contributed by atoms with Crippen LogP contribution in [-0.2, 0) is 14.3 Å². The zero-order valence-electron chi connectivity index (χ0n) is 6.86. The first-order chi connectivity index (χ1) is 5.61. The predicted octanol–water partition coefficient (Wildman–Crippen LogP) is -0.558. The summed E-state index contributed by atoms with van der Waals surface area (Å²) in [5, 5.41) is 10.6. The van der Waals surface area contributed by atoms with Crippen LogP contribution in [0.25, 0.3) is 0 Å². The molecule has 6 heteroatoms. The van der Waals surface area contributed by atoms with Crippen molar-refractivity contribution in [3.05, 3.63) is 0 Å². The Morgan fingerprint density at radius 3 is 2.42 bits per heavy atom. The molecule has 0 aromatic carbocycles. The van der Waals surface area contributed by atoms with Gasteiger partial charge in [0.2, 0.25) is 0 Å². The number of nitrogens with one attached hydrogen (secondary N) is 1. The second-order valence-corrected chi connectivity index (χ2v) is 1.98. The zero-order chi connectivity index (χ0) is 9.56. The minimum Gasteiger partial charge on any atom is -0.480 e. The van der Waals surface area contributed by atoms with Crippen molar-refractivity contribution in [3.63, 3.8) is 0 Å². The first-order valence-corrected chi connectivity index (χ1v) is 3.18. The summed E-state index contributed by atoms with van der Waals surface area (Å²) in [5.41, 5.74) is 0. The molecule has 0 aliphatic rings. The van der Waals surface area contributed by atoms with Crippen LogP contribution in [0.5, 0.6) is 0 Å². The molecule has 0 spiro atoms. The van der Waals surface area contributed by atoms with E-state index < -0.39 is 18.1 Å². The average molecular weight is 177 g/mol. The lowest BCUT2D eigenvalue weighted by atomic mass is 10.3. The summed E-state index contributed by atoms with van der Waals surface area (Å²) in [4.78, 5) is 20.9. The van der Waals surface area contributed by atoms with Gasteiger partial charge in [0, 0.05) is 7.11 Å². The van der Waals surface area contributed by atoms with E-state index in [0.717, 1.165) is 7.11 Å². The van der Waals surface area contributed by atoms with E-state index in [1.807, 2.05) is 0 Å². The normalized spacial score (nSPS) is 11.8. The minimum atomic E-state index is -1.16. The third-order valence-electron chi connectivity index (χ3n) is 1.11. The van der Waals surface area contributed by atoms with Crippen molar-refractivity contribution in [2.75, 3.05) is 20.8 Å². The quantitative estimate of drug-likeness (QED) is 0.601. The Hall–Kier alpha value is -1.30. The third-order valence-corrected chi connectivity index (χ3v) is 1.11. The second kappa shape index (κ2) is 5.36. The fraction of sp³-hybridized carbons (Fsp3) is 0.667. The van der Waals surface area contributed by atoms with Gasteiger partial charge in [-0.25, -0.2) is 9.59 Å². The number of carbonyl (C=O) groups excluding carboxylic acids is 1. The standard InChI is InChI=1S/C6H11NO5/c1-11-3-4(5(8)9)7-6(10)12-2/h4H,3H2,1-2H3,(H,7,10)(H,8,9). The van der Waals surface area contributed by atoms with Crippen molar-refractivity contribution in [1.82, 2.24) is 5.32 Å². The van der Waals surface area contributed by atoms with E-state index in [0.29, 0.717) is 0 Å². The summed E-state index contributed by atoms with van der Waals surface area (Å²) in [6.45, 7) is -0.0928. The summed E-state index contributed by atoms with van der Waals surface area (Å²) in [7, 11) is 2.50. The fourth-order valence-electron chi connectivity index (χ4n) is 0.543. The molecule has 0 aliphatic heterocycles.